The molecule has 0 bridgehead atoms. The van der Waals surface area contributed by atoms with Gasteiger partial charge in [0.05, 0.1) is 26.2 Å². The van der Waals surface area contributed by atoms with Crippen molar-refractivity contribution in [3.05, 3.63) is 59.2 Å². The van der Waals surface area contributed by atoms with Gasteiger partial charge in [-0.25, -0.2) is 5.06 Å². The number of likely N-dealkylation sites (N-methyl/N-ethyl adjacent to an activating group) is 1. The molecule has 0 saturated carbocycles. The van der Waals surface area contributed by atoms with Gasteiger partial charge >= 0.3 is 0 Å². The van der Waals surface area contributed by atoms with Gasteiger partial charge < -0.3 is 9.64 Å². The highest BCUT2D eigenvalue weighted by Crippen LogP contribution is 2.35. The van der Waals surface area contributed by atoms with E-state index in [0.717, 1.165) is 62.4 Å². The lowest BCUT2D eigenvalue weighted by Crippen LogP contribution is -2.42. The van der Waals surface area contributed by atoms with Crippen LogP contribution in [0.2, 0.25) is 0 Å². The van der Waals surface area contributed by atoms with E-state index < -0.39 is 0 Å². The summed E-state index contributed by atoms with van der Waals surface area (Å²) in [5, 5.41) is 1.57. The second-order valence-corrected chi connectivity index (χ2v) is 10.4. The van der Waals surface area contributed by atoms with Crippen LogP contribution in [0.25, 0.3) is 0 Å². The van der Waals surface area contributed by atoms with Gasteiger partial charge in [0.2, 0.25) is 5.91 Å². The van der Waals surface area contributed by atoms with Gasteiger partial charge in [0.1, 0.15) is 5.75 Å². The number of benzene rings is 2. The zero-order valence-corrected chi connectivity index (χ0v) is 23.4. The Bertz CT molecular complexity index is 1100. The third kappa shape index (κ3) is 6.56. The number of likely N-dealkylation sites (tertiary alicyclic amines) is 1. The Kier molecular flexibility index (Phi) is 9.80. The minimum Gasteiger partial charge on any atom is -0.493 e. The first-order chi connectivity index (χ1) is 18.4. The number of hydroxylamine groups is 2. The molecular formula is C31H43N3O4. The lowest BCUT2D eigenvalue weighted by molar-refractivity contribution is -0.187. The van der Waals surface area contributed by atoms with E-state index in [2.05, 4.69) is 43.9 Å². The molecule has 3 aliphatic rings. The molecule has 0 radical (unpaired) electrons. The van der Waals surface area contributed by atoms with Gasteiger partial charge in [-0.3, -0.25) is 19.3 Å². The topological polar surface area (TPSA) is 62.3 Å². The highest BCUT2D eigenvalue weighted by Gasteiger charge is 2.33. The standard InChI is InChI=1S/C21H32N2O3.C10H11NO/c1-4-9-23(26-10-5-2)21(24)15-22-14-19(12-16(22)3)17-6-7-20-18(13-17)8-11-25-20;1-2-11-9-6-4-3-5-8(9)7-10(11)12/h6-7,13,16,19H,4-5,8-12,14-15H2,1-3H3;3-6H,2,7H2,1H3/t16-,19+;/m0./s1. The molecule has 5 rings (SSSR count). The van der Waals surface area contributed by atoms with Crippen molar-refractivity contribution in [2.45, 2.75) is 71.8 Å². The van der Waals surface area contributed by atoms with E-state index in [1.54, 1.807) is 5.06 Å². The van der Waals surface area contributed by atoms with E-state index >= 15 is 0 Å². The predicted molar refractivity (Wildman–Crippen MR) is 150 cm³/mol. The van der Waals surface area contributed by atoms with Gasteiger partial charge in [-0.2, -0.15) is 0 Å². The largest absolute Gasteiger partial charge is 0.493 e. The summed E-state index contributed by atoms with van der Waals surface area (Å²) in [4.78, 5) is 33.8. The fraction of sp³-hybridized carbons (Fsp3) is 0.548. The minimum absolute atomic E-state index is 0.0788. The van der Waals surface area contributed by atoms with Crippen LogP contribution >= 0.6 is 0 Å². The van der Waals surface area contributed by atoms with Crippen LogP contribution in [-0.2, 0) is 27.3 Å². The SMILES string of the molecule is CCCON(CCC)C(=O)CN1C[C@H](c2ccc3c(c2)CCO3)C[C@@H]1C.CCN1C(=O)Cc2ccccc21. The fourth-order valence-electron chi connectivity index (χ4n) is 5.60. The number of fused-ring (bicyclic) bond motifs is 2. The molecule has 38 heavy (non-hydrogen) atoms. The monoisotopic (exact) mass is 521 g/mol. The Balaban J connectivity index is 0.000000232. The molecular weight excluding hydrogens is 478 g/mol. The number of amides is 2. The zero-order chi connectivity index (χ0) is 27.1. The van der Waals surface area contributed by atoms with E-state index in [9.17, 15) is 9.59 Å². The van der Waals surface area contributed by atoms with E-state index in [1.165, 1.54) is 11.1 Å². The highest BCUT2D eigenvalue weighted by molar-refractivity contribution is 6.01. The molecule has 1 saturated heterocycles. The summed E-state index contributed by atoms with van der Waals surface area (Å²) in [6.45, 7) is 12.6. The summed E-state index contributed by atoms with van der Waals surface area (Å²) in [7, 11) is 0. The number of ether oxygens (including phenoxy) is 1. The maximum absolute atomic E-state index is 12.7. The van der Waals surface area contributed by atoms with E-state index in [4.69, 9.17) is 9.57 Å². The molecule has 3 heterocycles. The van der Waals surface area contributed by atoms with E-state index in [1.807, 2.05) is 36.1 Å². The van der Waals surface area contributed by atoms with E-state index in [-0.39, 0.29) is 11.8 Å². The van der Waals surface area contributed by atoms with Gasteiger partial charge in [-0.1, -0.05) is 44.2 Å². The molecule has 2 amide bonds. The smallest absolute Gasteiger partial charge is 0.260 e. The summed E-state index contributed by atoms with van der Waals surface area (Å²) in [6, 6.07) is 15.0. The molecule has 0 spiro atoms. The molecule has 2 aromatic carbocycles. The number of hydrogen-bond acceptors (Lipinski definition) is 5. The average molecular weight is 522 g/mol. The summed E-state index contributed by atoms with van der Waals surface area (Å²) in [5.41, 5.74) is 4.95. The van der Waals surface area contributed by atoms with Crippen molar-refractivity contribution in [1.29, 1.82) is 0 Å². The maximum atomic E-state index is 12.7. The third-order valence-corrected chi connectivity index (χ3v) is 7.62. The van der Waals surface area contributed by atoms with Crippen LogP contribution in [0, 0.1) is 0 Å². The molecule has 0 aromatic heterocycles. The first-order valence-electron chi connectivity index (χ1n) is 14.3. The second kappa shape index (κ2) is 13.3. The summed E-state index contributed by atoms with van der Waals surface area (Å²) in [6.07, 6.45) is 4.50. The van der Waals surface area contributed by atoms with Crippen LogP contribution in [0.1, 0.15) is 69.6 Å². The second-order valence-electron chi connectivity index (χ2n) is 10.4. The summed E-state index contributed by atoms with van der Waals surface area (Å²) < 4.78 is 5.62. The van der Waals surface area contributed by atoms with Crippen LogP contribution in [0.15, 0.2) is 42.5 Å². The molecule has 2 atom stereocenters. The highest BCUT2D eigenvalue weighted by atomic mass is 16.7. The third-order valence-electron chi connectivity index (χ3n) is 7.62. The van der Waals surface area contributed by atoms with Crippen molar-refractivity contribution in [3.8, 4) is 5.75 Å². The predicted octanol–water partition coefficient (Wildman–Crippen LogP) is 4.98. The van der Waals surface area contributed by atoms with Crippen molar-refractivity contribution < 1.29 is 19.2 Å². The number of nitrogens with zero attached hydrogens (tertiary/aromatic N) is 3. The molecule has 7 heteroatoms. The number of anilines is 1. The van der Waals surface area contributed by atoms with Gasteiger partial charge in [-0.15, -0.1) is 0 Å². The summed E-state index contributed by atoms with van der Waals surface area (Å²) >= 11 is 0. The lowest BCUT2D eigenvalue weighted by Gasteiger charge is -2.26. The number of para-hydroxylation sites is 1. The van der Waals surface area contributed by atoms with Gasteiger partial charge in [-0.05, 0) is 67.9 Å². The van der Waals surface area contributed by atoms with Crippen molar-refractivity contribution in [1.82, 2.24) is 9.96 Å². The Morgan fingerprint density at radius 3 is 2.68 bits per heavy atom. The van der Waals surface area contributed by atoms with E-state index in [0.29, 0.717) is 38.1 Å². The number of rotatable bonds is 9. The van der Waals surface area contributed by atoms with Crippen LogP contribution in [0.4, 0.5) is 5.69 Å². The quantitative estimate of drug-likeness (QED) is 0.436. The van der Waals surface area contributed by atoms with Crippen molar-refractivity contribution in [2.75, 3.05) is 44.3 Å². The van der Waals surface area contributed by atoms with Crippen LogP contribution in [-0.4, -0.2) is 67.2 Å². The van der Waals surface area contributed by atoms with Gasteiger partial charge in [0.15, 0.2) is 0 Å². The van der Waals surface area contributed by atoms with Crippen molar-refractivity contribution in [2.24, 2.45) is 0 Å². The molecule has 1 fully saturated rings. The maximum Gasteiger partial charge on any atom is 0.260 e. The Morgan fingerprint density at radius 1 is 1.11 bits per heavy atom. The molecule has 0 aliphatic carbocycles. The minimum atomic E-state index is 0.0788. The van der Waals surface area contributed by atoms with Crippen LogP contribution < -0.4 is 9.64 Å². The van der Waals surface area contributed by atoms with Crippen LogP contribution in [0.3, 0.4) is 0 Å². The molecule has 7 nitrogen and oxygen atoms in total. The molecule has 206 valence electrons. The lowest BCUT2D eigenvalue weighted by atomic mass is 9.94. The first-order valence-corrected chi connectivity index (χ1v) is 14.3. The molecule has 2 aromatic rings. The summed E-state index contributed by atoms with van der Waals surface area (Å²) in [5.74, 6) is 1.82. The Hall–Kier alpha value is -2.90. The number of carbonyl (C=O) groups is 2. The normalized spacial score (nSPS) is 20.0. The Morgan fingerprint density at radius 2 is 1.92 bits per heavy atom. The first kappa shape index (κ1) is 28.1. The average Bonchev–Trinajstić information content (AvgIpc) is 3.62. The number of carbonyl (C=O) groups excluding carboxylic acids is 2. The fourth-order valence-corrected chi connectivity index (χ4v) is 5.60. The Labute approximate surface area is 227 Å². The molecule has 0 N–H and O–H groups in total. The molecule has 3 aliphatic heterocycles. The molecule has 0 unspecified atom stereocenters. The number of hydrogen-bond donors (Lipinski definition) is 0. The van der Waals surface area contributed by atoms with Crippen molar-refractivity contribution in [3.63, 3.8) is 0 Å². The van der Waals surface area contributed by atoms with Crippen LogP contribution in [0.5, 0.6) is 5.75 Å². The van der Waals surface area contributed by atoms with Gasteiger partial charge in [0, 0.05) is 37.8 Å². The van der Waals surface area contributed by atoms with Gasteiger partial charge in [0.25, 0.3) is 5.91 Å². The zero-order valence-electron chi connectivity index (χ0n) is 23.4. The van der Waals surface area contributed by atoms with Crippen molar-refractivity contribution >= 4 is 17.5 Å².